The summed E-state index contributed by atoms with van der Waals surface area (Å²) in [6.45, 7) is 5.72. The molecule has 1 aliphatic rings. The van der Waals surface area contributed by atoms with E-state index in [4.69, 9.17) is 11.6 Å². The van der Waals surface area contributed by atoms with E-state index in [1.165, 1.54) is 5.56 Å². The molecule has 1 atom stereocenters. The monoisotopic (exact) mass is 525 g/mol. The highest BCUT2D eigenvalue weighted by atomic mass is 35.5. The van der Waals surface area contributed by atoms with Crippen LogP contribution in [0.15, 0.2) is 59.8 Å². The molecule has 0 spiro atoms. The van der Waals surface area contributed by atoms with Gasteiger partial charge >= 0.3 is 0 Å². The minimum Gasteiger partial charge on any atom is -0.339 e. The largest absolute Gasteiger partial charge is 0.339 e. The van der Waals surface area contributed by atoms with Crippen molar-refractivity contribution in [2.45, 2.75) is 50.7 Å². The summed E-state index contributed by atoms with van der Waals surface area (Å²) in [5.74, 6) is 1.86. The SMILES string of the molecule is Cc1nnc(SCCCC(=O)N2CCN(C(=O)CCc3ccccc3)C(C)C2)n1-c1cccc(Cl)c1. The molecule has 1 aromatic heterocycles. The van der Waals surface area contributed by atoms with Crippen LogP contribution in [-0.4, -0.2) is 67.8 Å². The number of halogens is 1. The summed E-state index contributed by atoms with van der Waals surface area (Å²) in [5.41, 5.74) is 2.10. The molecule has 2 amide bonds. The van der Waals surface area contributed by atoms with Crippen molar-refractivity contribution in [3.8, 4) is 5.69 Å². The Hall–Kier alpha value is -2.84. The second kappa shape index (κ2) is 12.4. The second-order valence-electron chi connectivity index (χ2n) is 9.06. The maximum atomic E-state index is 12.8. The summed E-state index contributed by atoms with van der Waals surface area (Å²) in [6.07, 6.45) is 2.47. The van der Waals surface area contributed by atoms with Crippen LogP contribution in [0.25, 0.3) is 5.69 Å². The van der Waals surface area contributed by atoms with E-state index in [1.807, 2.05) is 82.8 Å². The Kier molecular flexibility index (Phi) is 9.04. The van der Waals surface area contributed by atoms with Gasteiger partial charge in [0.05, 0.1) is 5.69 Å². The first-order valence-electron chi connectivity index (χ1n) is 12.3. The molecule has 36 heavy (non-hydrogen) atoms. The van der Waals surface area contributed by atoms with E-state index in [-0.39, 0.29) is 17.9 Å². The molecule has 7 nitrogen and oxygen atoms in total. The number of benzene rings is 2. The zero-order valence-electron chi connectivity index (χ0n) is 20.8. The highest BCUT2D eigenvalue weighted by molar-refractivity contribution is 7.99. The van der Waals surface area contributed by atoms with Crippen LogP contribution in [0.4, 0.5) is 0 Å². The molecule has 0 N–H and O–H groups in total. The Morgan fingerprint density at radius 2 is 1.83 bits per heavy atom. The number of amides is 2. The van der Waals surface area contributed by atoms with Gasteiger partial charge in [0.1, 0.15) is 5.82 Å². The Labute approximate surface area is 221 Å². The second-order valence-corrected chi connectivity index (χ2v) is 10.6. The Morgan fingerprint density at radius 1 is 1.03 bits per heavy atom. The minimum atomic E-state index is 0.0274. The standard InChI is InChI=1S/C27H32ClN5O2S/c1-20-19-31(15-16-32(20)26(35)14-13-22-8-4-3-5-9-22)25(34)12-7-17-36-27-30-29-21(2)33(27)24-11-6-10-23(28)18-24/h3-6,8-11,18,20H,7,12-17,19H2,1-2H3. The van der Waals surface area contributed by atoms with Crippen LogP contribution < -0.4 is 0 Å². The Morgan fingerprint density at radius 3 is 2.58 bits per heavy atom. The summed E-state index contributed by atoms with van der Waals surface area (Å²) < 4.78 is 1.98. The molecule has 1 unspecified atom stereocenters. The van der Waals surface area contributed by atoms with Crippen molar-refractivity contribution in [2.75, 3.05) is 25.4 Å². The van der Waals surface area contributed by atoms with E-state index in [1.54, 1.807) is 11.8 Å². The fraction of sp³-hybridized carbons (Fsp3) is 0.407. The summed E-state index contributed by atoms with van der Waals surface area (Å²) >= 11 is 7.74. The number of piperazine rings is 1. The number of rotatable bonds is 9. The lowest BCUT2D eigenvalue weighted by molar-refractivity contribution is -0.142. The minimum absolute atomic E-state index is 0.0274. The van der Waals surface area contributed by atoms with Crippen molar-refractivity contribution in [2.24, 2.45) is 0 Å². The van der Waals surface area contributed by atoms with Gasteiger partial charge in [-0.05, 0) is 50.5 Å². The molecule has 0 saturated carbocycles. The van der Waals surface area contributed by atoms with Crippen molar-refractivity contribution in [3.63, 3.8) is 0 Å². The zero-order valence-corrected chi connectivity index (χ0v) is 22.3. The predicted octanol–water partition coefficient (Wildman–Crippen LogP) is 4.79. The lowest BCUT2D eigenvalue weighted by Gasteiger charge is -2.40. The van der Waals surface area contributed by atoms with Gasteiger partial charge in [0.25, 0.3) is 0 Å². The molecular formula is C27H32ClN5O2S. The van der Waals surface area contributed by atoms with E-state index in [9.17, 15) is 9.59 Å². The highest BCUT2D eigenvalue weighted by Crippen LogP contribution is 2.24. The maximum Gasteiger partial charge on any atom is 0.223 e. The number of hydrogen-bond donors (Lipinski definition) is 0. The molecule has 190 valence electrons. The molecular weight excluding hydrogens is 494 g/mol. The zero-order chi connectivity index (χ0) is 25.5. The molecule has 9 heteroatoms. The van der Waals surface area contributed by atoms with Gasteiger partial charge in [-0.2, -0.15) is 0 Å². The molecule has 1 aliphatic heterocycles. The summed E-state index contributed by atoms with van der Waals surface area (Å²) in [4.78, 5) is 29.4. The van der Waals surface area contributed by atoms with E-state index in [2.05, 4.69) is 10.2 Å². The van der Waals surface area contributed by atoms with E-state index in [0.29, 0.717) is 37.5 Å². The molecule has 0 aliphatic carbocycles. The number of aryl methyl sites for hydroxylation is 2. The lowest BCUT2D eigenvalue weighted by atomic mass is 10.1. The number of hydrogen-bond acceptors (Lipinski definition) is 5. The van der Waals surface area contributed by atoms with Crippen LogP contribution in [-0.2, 0) is 16.0 Å². The first kappa shape index (κ1) is 26.2. The van der Waals surface area contributed by atoms with Gasteiger partial charge in [-0.1, -0.05) is 59.8 Å². The summed E-state index contributed by atoms with van der Waals surface area (Å²) in [7, 11) is 0. The predicted molar refractivity (Wildman–Crippen MR) is 144 cm³/mol. The van der Waals surface area contributed by atoms with E-state index in [0.717, 1.165) is 35.3 Å². The third kappa shape index (κ3) is 6.68. The number of carbonyl (C=O) groups is 2. The van der Waals surface area contributed by atoms with Crippen molar-refractivity contribution in [3.05, 3.63) is 71.0 Å². The van der Waals surface area contributed by atoms with Crippen molar-refractivity contribution in [1.29, 1.82) is 0 Å². The fourth-order valence-electron chi connectivity index (χ4n) is 4.49. The molecule has 1 fully saturated rings. The van der Waals surface area contributed by atoms with Crippen LogP contribution in [0.2, 0.25) is 5.02 Å². The van der Waals surface area contributed by atoms with E-state index >= 15 is 0 Å². The molecule has 0 radical (unpaired) electrons. The normalized spacial score (nSPS) is 15.8. The molecule has 2 heterocycles. The third-order valence-electron chi connectivity index (χ3n) is 6.40. The van der Waals surface area contributed by atoms with Gasteiger partial charge in [-0.25, -0.2) is 0 Å². The quantitative estimate of drug-likeness (QED) is 0.296. The fourth-order valence-corrected chi connectivity index (χ4v) is 5.61. The van der Waals surface area contributed by atoms with Crippen LogP contribution >= 0.6 is 23.4 Å². The number of nitrogens with zero attached hydrogens (tertiary/aromatic N) is 5. The summed E-state index contributed by atoms with van der Waals surface area (Å²) in [6, 6.07) is 17.7. The number of aromatic nitrogens is 3. The first-order valence-corrected chi connectivity index (χ1v) is 13.7. The van der Waals surface area contributed by atoms with Gasteiger partial charge < -0.3 is 9.80 Å². The average molecular weight is 526 g/mol. The molecule has 1 saturated heterocycles. The van der Waals surface area contributed by atoms with Crippen LogP contribution in [0.3, 0.4) is 0 Å². The van der Waals surface area contributed by atoms with Gasteiger partial charge in [0, 0.05) is 49.3 Å². The van der Waals surface area contributed by atoms with Gasteiger partial charge in [-0.15, -0.1) is 10.2 Å². The topological polar surface area (TPSA) is 71.3 Å². The third-order valence-corrected chi connectivity index (χ3v) is 7.65. The maximum absolute atomic E-state index is 12.8. The molecule has 0 bridgehead atoms. The van der Waals surface area contributed by atoms with Crippen LogP contribution in [0.1, 0.15) is 37.6 Å². The average Bonchev–Trinajstić information content (AvgIpc) is 3.25. The molecule has 3 aromatic rings. The van der Waals surface area contributed by atoms with Crippen molar-refractivity contribution >= 4 is 35.2 Å². The summed E-state index contributed by atoms with van der Waals surface area (Å²) in [5, 5.41) is 9.96. The van der Waals surface area contributed by atoms with Gasteiger partial charge in [0.15, 0.2) is 5.16 Å². The van der Waals surface area contributed by atoms with Crippen molar-refractivity contribution < 1.29 is 9.59 Å². The van der Waals surface area contributed by atoms with Gasteiger partial charge in [-0.3, -0.25) is 14.2 Å². The highest BCUT2D eigenvalue weighted by Gasteiger charge is 2.29. The van der Waals surface area contributed by atoms with E-state index < -0.39 is 0 Å². The van der Waals surface area contributed by atoms with Crippen LogP contribution in [0.5, 0.6) is 0 Å². The van der Waals surface area contributed by atoms with Crippen molar-refractivity contribution in [1.82, 2.24) is 24.6 Å². The number of carbonyl (C=O) groups excluding carboxylic acids is 2. The Bertz CT molecular complexity index is 1190. The Balaban J connectivity index is 1.21. The lowest BCUT2D eigenvalue weighted by Crippen LogP contribution is -2.55. The first-order chi connectivity index (χ1) is 17.4. The molecule has 2 aromatic carbocycles. The van der Waals surface area contributed by atoms with Crippen LogP contribution in [0, 0.1) is 6.92 Å². The molecule has 4 rings (SSSR count). The smallest absolute Gasteiger partial charge is 0.223 e. The number of thioether (sulfide) groups is 1. The van der Waals surface area contributed by atoms with Gasteiger partial charge in [0.2, 0.25) is 11.8 Å².